The fraction of sp³-hybridized carbons (Fsp3) is 0.579. The van der Waals surface area contributed by atoms with Gasteiger partial charge in [-0.3, -0.25) is 4.90 Å². The van der Waals surface area contributed by atoms with Crippen molar-refractivity contribution in [2.24, 2.45) is 5.92 Å². The van der Waals surface area contributed by atoms with Gasteiger partial charge in [0.05, 0.1) is 24.1 Å². The minimum atomic E-state index is -2.96. The highest BCUT2D eigenvalue weighted by molar-refractivity contribution is 7.91. The summed E-state index contributed by atoms with van der Waals surface area (Å²) in [6, 6.07) is 10.7. The number of hydrogen-bond acceptors (Lipinski definition) is 6. The quantitative estimate of drug-likeness (QED) is 0.710. The third kappa shape index (κ3) is 4.67. The van der Waals surface area contributed by atoms with Crippen LogP contribution in [0.1, 0.15) is 36.6 Å². The van der Waals surface area contributed by atoms with Crippen molar-refractivity contribution < 1.29 is 12.8 Å². The van der Waals surface area contributed by atoms with Gasteiger partial charge >= 0.3 is 0 Å². The van der Waals surface area contributed by atoms with Crippen LogP contribution in [-0.2, 0) is 22.9 Å². The number of likely N-dealkylation sites (tertiary alicyclic amines) is 1. The molecule has 1 atom stereocenters. The molecular weight excluding hydrogens is 382 g/mol. The van der Waals surface area contributed by atoms with Crippen LogP contribution >= 0.6 is 12.2 Å². The molecule has 2 saturated heterocycles. The summed E-state index contributed by atoms with van der Waals surface area (Å²) in [6.45, 7) is 2.64. The highest BCUT2D eigenvalue weighted by Gasteiger charge is 2.33. The van der Waals surface area contributed by atoms with E-state index in [1.54, 1.807) is 4.68 Å². The number of sulfone groups is 1. The van der Waals surface area contributed by atoms with Crippen LogP contribution in [0.3, 0.4) is 0 Å². The molecule has 2 aromatic rings. The molecule has 1 aromatic carbocycles. The van der Waals surface area contributed by atoms with Gasteiger partial charge in [0.2, 0.25) is 5.89 Å². The van der Waals surface area contributed by atoms with E-state index in [-0.39, 0.29) is 17.4 Å². The highest BCUT2D eigenvalue weighted by Crippen LogP contribution is 2.28. The zero-order chi connectivity index (χ0) is 18.9. The van der Waals surface area contributed by atoms with Crippen molar-refractivity contribution in [3.05, 3.63) is 46.6 Å². The molecule has 4 rings (SSSR count). The lowest BCUT2D eigenvalue weighted by atomic mass is 9.90. The van der Waals surface area contributed by atoms with Gasteiger partial charge in [0.1, 0.15) is 0 Å². The van der Waals surface area contributed by atoms with Crippen molar-refractivity contribution in [3.63, 3.8) is 0 Å². The van der Waals surface area contributed by atoms with Crippen molar-refractivity contribution in [1.29, 1.82) is 0 Å². The molecule has 27 heavy (non-hydrogen) atoms. The Bertz CT molecular complexity index is 929. The molecule has 3 heterocycles. The Hall–Kier alpha value is -1.51. The van der Waals surface area contributed by atoms with Gasteiger partial charge in [-0.1, -0.05) is 30.3 Å². The van der Waals surface area contributed by atoms with Gasteiger partial charge < -0.3 is 4.42 Å². The zero-order valence-electron chi connectivity index (χ0n) is 15.3. The molecule has 2 aliphatic rings. The van der Waals surface area contributed by atoms with Crippen molar-refractivity contribution in [3.8, 4) is 0 Å². The van der Waals surface area contributed by atoms with Crippen LogP contribution in [0.2, 0.25) is 0 Å². The Morgan fingerprint density at radius 1 is 1.15 bits per heavy atom. The second-order valence-electron chi connectivity index (χ2n) is 7.70. The first kappa shape index (κ1) is 18.8. The standard InChI is InChI=1S/C19H25N3O3S2/c23-27(24)11-8-17(13-27)18-20-22(19(26)25-18)14-21-9-6-16(7-10-21)12-15-4-2-1-3-5-15/h1-5,16-17H,6-14H2/t17-/m1/s1. The molecule has 8 heteroatoms. The molecule has 0 unspecified atom stereocenters. The number of benzene rings is 1. The summed E-state index contributed by atoms with van der Waals surface area (Å²) in [5.74, 6) is 1.36. The first-order valence-corrected chi connectivity index (χ1v) is 11.8. The average Bonchev–Trinajstić information content (AvgIpc) is 3.20. The summed E-state index contributed by atoms with van der Waals surface area (Å²) in [5.41, 5.74) is 1.41. The Morgan fingerprint density at radius 2 is 1.89 bits per heavy atom. The molecule has 0 bridgehead atoms. The number of aromatic nitrogens is 2. The number of rotatable bonds is 5. The molecule has 2 fully saturated rings. The number of nitrogens with zero attached hydrogens (tertiary/aromatic N) is 3. The van der Waals surface area contributed by atoms with Gasteiger partial charge in [-0.15, -0.1) is 5.10 Å². The number of hydrogen-bond donors (Lipinski definition) is 0. The molecule has 0 radical (unpaired) electrons. The summed E-state index contributed by atoms with van der Waals surface area (Å²) >= 11 is 5.30. The molecule has 1 aromatic heterocycles. The van der Waals surface area contributed by atoms with E-state index >= 15 is 0 Å². The SMILES string of the molecule is O=S1(=O)CC[C@@H](c2nn(CN3CCC(Cc4ccccc4)CC3)c(=S)o2)C1. The summed E-state index contributed by atoms with van der Waals surface area (Å²) in [4.78, 5) is 2.68. The van der Waals surface area contributed by atoms with Crippen LogP contribution in [0.15, 0.2) is 34.7 Å². The van der Waals surface area contributed by atoms with Crippen molar-refractivity contribution >= 4 is 22.1 Å². The molecule has 0 N–H and O–H groups in total. The molecular formula is C19H25N3O3S2. The first-order chi connectivity index (χ1) is 13.0. The zero-order valence-corrected chi connectivity index (χ0v) is 16.9. The average molecular weight is 408 g/mol. The maximum atomic E-state index is 11.7. The van der Waals surface area contributed by atoms with Gasteiger partial charge in [0, 0.05) is 13.1 Å². The van der Waals surface area contributed by atoms with Crippen molar-refractivity contribution in [1.82, 2.24) is 14.7 Å². The largest absolute Gasteiger partial charge is 0.414 e. The van der Waals surface area contributed by atoms with Gasteiger partial charge in [0.25, 0.3) is 4.84 Å². The summed E-state index contributed by atoms with van der Waals surface area (Å²) < 4.78 is 30.7. The van der Waals surface area contributed by atoms with E-state index in [2.05, 4.69) is 40.3 Å². The maximum Gasteiger partial charge on any atom is 0.288 e. The molecule has 0 aliphatic carbocycles. The molecule has 0 saturated carbocycles. The Kier molecular flexibility index (Phi) is 5.48. The van der Waals surface area contributed by atoms with Crippen LogP contribution in [0.4, 0.5) is 0 Å². The van der Waals surface area contributed by atoms with E-state index in [0.29, 0.717) is 29.7 Å². The summed E-state index contributed by atoms with van der Waals surface area (Å²) in [7, 11) is -2.96. The number of piperidine rings is 1. The minimum Gasteiger partial charge on any atom is -0.414 e. The van der Waals surface area contributed by atoms with E-state index in [0.717, 1.165) is 32.4 Å². The molecule has 146 valence electrons. The Morgan fingerprint density at radius 3 is 2.56 bits per heavy atom. The smallest absolute Gasteiger partial charge is 0.288 e. The van der Waals surface area contributed by atoms with E-state index < -0.39 is 9.84 Å². The molecule has 2 aliphatic heterocycles. The van der Waals surface area contributed by atoms with E-state index in [1.807, 2.05) is 0 Å². The van der Waals surface area contributed by atoms with E-state index in [9.17, 15) is 8.42 Å². The predicted octanol–water partition coefficient (Wildman–Crippen LogP) is 3.02. The van der Waals surface area contributed by atoms with Crippen LogP contribution in [0.5, 0.6) is 0 Å². The van der Waals surface area contributed by atoms with Crippen molar-refractivity contribution in [2.45, 2.75) is 38.3 Å². The topological polar surface area (TPSA) is 68.3 Å². The molecule has 0 amide bonds. The van der Waals surface area contributed by atoms with E-state index in [1.165, 1.54) is 5.56 Å². The van der Waals surface area contributed by atoms with Gasteiger partial charge in [-0.2, -0.15) is 0 Å². The molecule has 6 nitrogen and oxygen atoms in total. The second kappa shape index (κ2) is 7.85. The first-order valence-electron chi connectivity index (χ1n) is 9.53. The fourth-order valence-corrected chi connectivity index (χ4v) is 5.95. The summed E-state index contributed by atoms with van der Waals surface area (Å²) in [6.07, 6.45) is 4.03. The lowest BCUT2D eigenvalue weighted by Gasteiger charge is -2.31. The van der Waals surface area contributed by atoms with Crippen LogP contribution in [-0.4, -0.2) is 47.7 Å². The van der Waals surface area contributed by atoms with Crippen LogP contribution in [0.25, 0.3) is 0 Å². The maximum absolute atomic E-state index is 11.7. The van der Waals surface area contributed by atoms with Gasteiger partial charge in [-0.05, 0) is 49.4 Å². The Balaban J connectivity index is 1.32. The summed E-state index contributed by atoms with van der Waals surface area (Å²) in [5, 5.41) is 4.48. The lowest BCUT2D eigenvalue weighted by Crippen LogP contribution is -2.36. The van der Waals surface area contributed by atoms with Gasteiger partial charge in [-0.25, -0.2) is 13.1 Å². The normalized spacial score (nSPS) is 23.6. The predicted molar refractivity (Wildman–Crippen MR) is 106 cm³/mol. The fourth-order valence-electron chi connectivity index (χ4n) is 4.04. The lowest BCUT2D eigenvalue weighted by molar-refractivity contribution is 0.138. The second-order valence-corrected chi connectivity index (χ2v) is 10.3. The third-order valence-electron chi connectivity index (χ3n) is 5.61. The molecule has 0 spiro atoms. The Labute approximate surface area is 165 Å². The van der Waals surface area contributed by atoms with E-state index in [4.69, 9.17) is 16.6 Å². The van der Waals surface area contributed by atoms with Gasteiger partial charge in [0.15, 0.2) is 9.84 Å². The highest BCUT2D eigenvalue weighted by atomic mass is 32.2. The minimum absolute atomic E-state index is 0.118. The van der Waals surface area contributed by atoms with Crippen LogP contribution < -0.4 is 0 Å². The van der Waals surface area contributed by atoms with Crippen LogP contribution in [0, 0.1) is 10.8 Å². The van der Waals surface area contributed by atoms with Crippen molar-refractivity contribution in [2.75, 3.05) is 24.6 Å². The third-order valence-corrected chi connectivity index (χ3v) is 7.67. The monoisotopic (exact) mass is 407 g/mol.